The average Bonchev–Trinajstić information content (AvgIpc) is 2.54. The van der Waals surface area contributed by atoms with Crippen LogP contribution in [0.15, 0.2) is 53.6 Å². The van der Waals surface area contributed by atoms with E-state index < -0.39 is 0 Å². The number of thioether (sulfide) groups is 1. The summed E-state index contributed by atoms with van der Waals surface area (Å²) in [6.07, 6.45) is 0. The molecule has 0 saturated carbocycles. The second-order valence-electron chi connectivity index (χ2n) is 5.40. The van der Waals surface area contributed by atoms with Crippen molar-refractivity contribution in [2.75, 3.05) is 12.4 Å². The van der Waals surface area contributed by atoms with Crippen LogP contribution in [-0.2, 0) is 0 Å². The largest absolute Gasteiger partial charge is 0.493 e. The molecule has 0 N–H and O–H groups in total. The van der Waals surface area contributed by atoms with Crippen LogP contribution in [-0.4, -0.2) is 17.3 Å². The van der Waals surface area contributed by atoms with E-state index in [1.54, 1.807) is 11.8 Å². The Morgan fingerprint density at radius 3 is 2.61 bits per heavy atom. The molecule has 3 rings (SSSR count). The Labute approximate surface area is 145 Å². The number of ether oxygens (including phenoxy) is 1. The van der Waals surface area contributed by atoms with Crippen molar-refractivity contribution in [3.63, 3.8) is 0 Å². The highest BCUT2D eigenvalue weighted by Crippen LogP contribution is 2.25. The number of nitrogens with zero attached hydrogens (tertiary/aromatic N) is 1. The Bertz CT molecular complexity index is 817. The van der Waals surface area contributed by atoms with E-state index in [4.69, 9.17) is 21.3 Å². The SMILES string of the molecule is Cc1cc(SCCOc2ccc(Cl)cc2)nc2c(C)cccc12. The van der Waals surface area contributed by atoms with Gasteiger partial charge in [0.2, 0.25) is 0 Å². The van der Waals surface area contributed by atoms with Gasteiger partial charge in [0.15, 0.2) is 0 Å². The zero-order chi connectivity index (χ0) is 16.2. The zero-order valence-corrected chi connectivity index (χ0v) is 14.7. The Morgan fingerprint density at radius 1 is 1.04 bits per heavy atom. The van der Waals surface area contributed by atoms with E-state index in [1.807, 2.05) is 24.3 Å². The Hall–Kier alpha value is -1.71. The fourth-order valence-corrected chi connectivity index (χ4v) is 3.36. The molecule has 0 spiro atoms. The predicted octanol–water partition coefficient (Wildman–Crippen LogP) is 5.68. The molecular formula is C19H18ClNOS. The molecule has 23 heavy (non-hydrogen) atoms. The van der Waals surface area contributed by atoms with Crippen LogP contribution in [0.25, 0.3) is 10.9 Å². The number of hydrogen-bond acceptors (Lipinski definition) is 3. The number of para-hydroxylation sites is 1. The molecule has 2 nitrogen and oxygen atoms in total. The van der Waals surface area contributed by atoms with Gasteiger partial charge in [-0.2, -0.15) is 0 Å². The van der Waals surface area contributed by atoms with Crippen molar-refractivity contribution in [1.29, 1.82) is 0 Å². The topological polar surface area (TPSA) is 22.1 Å². The summed E-state index contributed by atoms with van der Waals surface area (Å²) in [5.74, 6) is 1.69. The van der Waals surface area contributed by atoms with E-state index in [9.17, 15) is 0 Å². The Kier molecular flexibility index (Phi) is 5.09. The lowest BCUT2D eigenvalue weighted by Crippen LogP contribution is -2.00. The van der Waals surface area contributed by atoms with Crippen LogP contribution >= 0.6 is 23.4 Å². The molecule has 2 aromatic carbocycles. The van der Waals surface area contributed by atoms with Gasteiger partial charge in [0.1, 0.15) is 5.75 Å². The molecule has 0 aliphatic rings. The first-order valence-electron chi connectivity index (χ1n) is 7.51. The maximum atomic E-state index is 5.86. The van der Waals surface area contributed by atoms with Crippen LogP contribution in [0.3, 0.4) is 0 Å². The van der Waals surface area contributed by atoms with Gasteiger partial charge >= 0.3 is 0 Å². The summed E-state index contributed by atoms with van der Waals surface area (Å²) in [6, 6.07) is 15.9. The predicted molar refractivity (Wildman–Crippen MR) is 98.9 cm³/mol. The summed E-state index contributed by atoms with van der Waals surface area (Å²) in [4.78, 5) is 4.78. The molecule has 118 valence electrons. The molecule has 0 amide bonds. The standard InChI is InChI=1S/C19H18ClNOS/c1-13-4-3-5-17-14(2)12-18(21-19(13)17)23-11-10-22-16-8-6-15(20)7-9-16/h3-9,12H,10-11H2,1-2H3. The molecule has 0 aliphatic heterocycles. The van der Waals surface area contributed by atoms with Gasteiger partial charge in [-0.05, 0) is 55.3 Å². The number of rotatable bonds is 5. The van der Waals surface area contributed by atoms with Crippen molar-refractivity contribution in [2.45, 2.75) is 18.9 Å². The molecule has 0 radical (unpaired) electrons. The maximum Gasteiger partial charge on any atom is 0.119 e. The van der Waals surface area contributed by atoms with Gasteiger partial charge in [0.05, 0.1) is 17.1 Å². The number of aryl methyl sites for hydroxylation is 2. The molecule has 0 aliphatic carbocycles. The van der Waals surface area contributed by atoms with Crippen molar-refractivity contribution in [3.05, 3.63) is 64.7 Å². The molecule has 4 heteroatoms. The van der Waals surface area contributed by atoms with Gasteiger partial charge in [-0.3, -0.25) is 0 Å². The van der Waals surface area contributed by atoms with Crippen molar-refractivity contribution >= 4 is 34.3 Å². The highest BCUT2D eigenvalue weighted by Gasteiger charge is 2.05. The summed E-state index contributed by atoms with van der Waals surface area (Å²) in [7, 11) is 0. The van der Waals surface area contributed by atoms with E-state index in [0.717, 1.165) is 27.1 Å². The smallest absolute Gasteiger partial charge is 0.119 e. The molecule has 3 aromatic rings. The fraction of sp³-hybridized carbons (Fsp3) is 0.211. The number of pyridine rings is 1. The number of fused-ring (bicyclic) bond motifs is 1. The van der Waals surface area contributed by atoms with E-state index in [1.165, 1.54) is 16.5 Å². The summed E-state index contributed by atoms with van der Waals surface area (Å²) >= 11 is 7.58. The first-order valence-corrected chi connectivity index (χ1v) is 8.88. The van der Waals surface area contributed by atoms with Gasteiger partial charge in [-0.15, -0.1) is 11.8 Å². The quantitative estimate of drug-likeness (QED) is 0.439. The summed E-state index contributed by atoms with van der Waals surface area (Å²) < 4.78 is 5.72. The third-order valence-corrected chi connectivity index (χ3v) is 4.77. The summed E-state index contributed by atoms with van der Waals surface area (Å²) in [5.41, 5.74) is 3.57. The van der Waals surface area contributed by atoms with E-state index in [-0.39, 0.29) is 0 Å². The second-order valence-corrected chi connectivity index (χ2v) is 6.95. The van der Waals surface area contributed by atoms with Crippen molar-refractivity contribution in [3.8, 4) is 5.75 Å². The van der Waals surface area contributed by atoms with Crippen LogP contribution in [0.2, 0.25) is 5.02 Å². The van der Waals surface area contributed by atoms with Gasteiger partial charge in [0.25, 0.3) is 0 Å². The van der Waals surface area contributed by atoms with Gasteiger partial charge in [-0.25, -0.2) is 4.98 Å². The van der Waals surface area contributed by atoms with Gasteiger partial charge < -0.3 is 4.74 Å². The minimum Gasteiger partial charge on any atom is -0.493 e. The number of hydrogen-bond donors (Lipinski definition) is 0. The monoisotopic (exact) mass is 343 g/mol. The second kappa shape index (κ2) is 7.24. The number of halogens is 1. The molecule has 1 heterocycles. The molecule has 1 aromatic heterocycles. The minimum atomic E-state index is 0.638. The fourth-order valence-electron chi connectivity index (χ4n) is 2.44. The lowest BCUT2D eigenvalue weighted by atomic mass is 10.1. The van der Waals surface area contributed by atoms with Crippen LogP contribution in [0.1, 0.15) is 11.1 Å². The van der Waals surface area contributed by atoms with Gasteiger partial charge in [-0.1, -0.05) is 29.8 Å². The van der Waals surface area contributed by atoms with Crippen molar-refractivity contribution < 1.29 is 4.74 Å². The lowest BCUT2D eigenvalue weighted by Gasteiger charge is -2.09. The van der Waals surface area contributed by atoms with E-state index in [2.05, 4.69) is 38.1 Å². The molecule has 0 atom stereocenters. The summed E-state index contributed by atoms with van der Waals surface area (Å²) in [5, 5.41) is 2.99. The zero-order valence-electron chi connectivity index (χ0n) is 13.2. The van der Waals surface area contributed by atoms with Crippen LogP contribution in [0.4, 0.5) is 0 Å². The number of benzene rings is 2. The van der Waals surface area contributed by atoms with Crippen molar-refractivity contribution in [2.24, 2.45) is 0 Å². The maximum absolute atomic E-state index is 5.86. The normalized spacial score (nSPS) is 10.9. The first-order chi connectivity index (χ1) is 11.1. The third kappa shape index (κ3) is 3.98. The molecule has 0 bridgehead atoms. The molecule has 0 unspecified atom stereocenters. The Balaban J connectivity index is 1.63. The minimum absolute atomic E-state index is 0.638. The molecule has 0 saturated heterocycles. The molecular weight excluding hydrogens is 326 g/mol. The van der Waals surface area contributed by atoms with Crippen LogP contribution < -0.4 is 4.74 Å². The van der Waals surface area contributed by atoms with Crippen LogP contribution in [0, 0.1) is 13.8 Å². The average molecular weight is 344 g/mol. The van der Waals surface area contributed by atoms with E-state index >= 15 is 0 Å². The Morgan fingerprint density at radius 2 is 1.83 bits per heavy atom. The third-order valence-electron chi connectivity index (χ3n) is 3.64. The molecule has 0 fully saturated rings. The first kappa shape index (κ1) is 16.2. The highest BCUT2D eigenvalue weighted by molar-refractivity contribution is 7.99. The highest BCUT2D eigenvalue weighted by atomic mass is 35.5. The van der Waals surface area contributed by atoms with Crippen molar-refractivity contribution in [1.82, 2.24) is 4.98 Å². The number of aromatic nitrogens is 1. The van der Waals surface area contributed by atoms with Crippen LogP contribution in [0.5, 0.6) is 5.75 Å². The lowest BCUT2D eigenvalue weighted by molar-refractivity contribution is 0.344. The summed E-state index contributed by atoms with van der Waals surface area (Å²) in [6.45, 7) is 4.88. The van der Waals surface area contributed by atoms with Gasteiger partial charge in [0, 0.05) is 16.2 Å². The van der Waals surface area contributed by atoms with E-state index in [0.29, 0.717) is 6.61 Å².